The van der Waals surface area contributed by atoms with E-state index < -0.39 is 72.7 Å². The molecular weight excluding hydrogens is 618 g/mol. The molecule has 3 aromatic rings. The number of amides is 2. The van der Waals surface area contributed by atoms with Gasteiger partial charge in [-0.1, -0.05) is 29.5 Å². The fraction of sp³-hybridized carbons (Fsp3) is 0.296. The molecule has 0 unspecified atom stereocenters. The molecule has 5 N–H and O–H groups in total. The standard InChI is InChI=1S/C27H26F3N5O9.Na/c1-13(37)31-22-19(10-21(26(41)42)43-24(22)23(39)20(38)12-36)35-11-18(33-34-35)16-7-2-3-8-17(16)32-25(40)14-5-4-6-15(9-14)44-27(28,29)30;/h2-11,19-20,22-24,36,38-39H,12H2,1H3,(H,31,37)(H,32,40)(H,41,42);/q;+1/p-1/t19-,20+,22+,23+,24+;/m0./s1. The number of carbonyl (C=O) groups excluding carboxylic acids is 3. The minimum absolute atomic E-state index is 0. The second-order valence-electron chi connectivity index (χ2n) is 9.52. The molecule has 2 heterocycles. The van der Waals surface area contributed by atoms with Crippen molar-refractivity contribution < 1.29 is 87.0 Å². The van der Waals surface area contributed by atoms with Gasteiger partial charge >= 0.3 is 35.9 Å². The average molecular weight is 644 g/mol. The van der Waals surface area contributed by atoms with Crippen molar-refractivity contribution in [3.8, 4) is 17.0 Å². The Labute approximate surface area is 274 Å². The summed E-state index contributed by atoms with van der Waals surface area (Å²) in [4.78, 5) is 36.7. The van der Waals surface area contributed by atoms with Gasteiger partial charge in [-0.25, -0.2) is 4.68 Å². The summed E-state index contributed by atoms with van der Waals surface area (Å²) in [7, 11) is 0. The number of nitrogens with zero attached hydrogens (tertiary/aromatic N) is 3. The number of carboxylic acids is 1. The van der Waals surface area contributed by atoms with Gasteiger partial charge in [0.15, 0.2) is 0 Å². The number of aromatic nitrogens is 3. The molecular formula is C27H25F3N5NaO9. The number of aliphatic carboxylic acids is 1. The number of anilines is 1. The Morgan fingerprint density at radius 1 is 1.16 bits per heavy atom. The van der Waals surface area contributed by atoms with Gasteiger partial charge in [0.1, 0.15) is 41.5 Å². The van der Waals surface area contributed by atoms with E-state index in [0.717, 1.165) is 29.8 Å². The van der Waals surface area contributed by atoms with Crippen LogP contribution in [-0.4, -0.2) is 85.4 Å². The summed E-state index contributed by atoms with van der Waals surface area (Å²) in [6.07, 6.45) is -7.78. The SMILES string of the molecule is CC(=O)N[C@H]1[C@H]([C@H](O)[C@H](O)CO)OC(C(=O)[O-])=C[C@@H]1n1cc(-c2ccccc2NC(=O)c2cccc(OC(F)(F)F)c2)nn1.[Na+]. The topological polar surface area (TPSA) is 208 Å². The number of para-hydroxylation sites is 1. The number of ether oxygens (including phenoxy) is 2. The van der Waals surface area contributed by atoms with Crippen molar-refractivity contribution in [2.24, 2.45) is 0 Å². The summed E-state index contributed by atoms with van der Waals surface area (Å²) >= 11 is 0. The smallest absolute Gasteiger partial charge is 0.542 e. The molecule has 0 fully saturated rings. The number of aliphatic hydroxyl groups excluding tert-OH is 3. The van der Waals surface area contributed by atoms with Crippen molar-refractivity contribution in [3.63, 3.8) is 0 Å². The van der Waals surface area contributed by atoms with E-state index in [2.05, 4.69) is 25.7 Å². The van der Waals surface area contributed by atoms with Crippen LogP contribution in [0.25, 0.3) is 11.3 Å². The second-order valence-corrected chi connectivity index (χ2v) is 9.52. The van der Waals surface area contributed by atoms with E-state index in [1.54, 1.807) is 18.2 Å². The van der Waals surface area contributed by atoms with Crippen molar-refractivity contribution in [1.82, 2.24) is 20.3 Å². The summed E-state index contributed by atoms with van der Waals surface area (Å²) in [6, 6.07) is 8.26. The molecule has 2 aromatic carbocycles. The average Bonchev–Trinajstić information content (AvgIpc) is 3.45. The number of benzene rings is 2. The van der Waals surface area contributed by atoms with Crippen LogP contribution in [0, 0.1) is 0 Å². The maximum atomic E-state index is 12.9. The molecule has 0 bridgehead atoms. The Morgan fingerprint density at radius 2 is 1.87 bits per heavy atom. The van der Waals surface area contributed by atoms with Crippen LogP contribution in [0.4, 0.5) is 18.9 Å². The quantitative estimate of drug-likeness (QED) is 0.140. The molecule has 5 atom stereocenters. The molecule has 0 spiro atoms. The van der Waals surface area contributed by atoms with Crippen molar-refractivity contribution in [3.05, 3.63) is 72.1 Å². The van der Waals surface area contributed by atoms with Crippen LogP contribution in [0.2, 0.25) is 0 Å². The molecule has 0 saturated heterocycles. The maximum Gasteiger partial charge on any atom is 1.00 e. The predicted molar refractivity (Wildman–Crippen MR) is 140 cm³/mol. The summed E-state index contributed by atoms with van der Waals surface area (Å²) in [5.41, 5.74) is 0.482. The van der Waals surface area contributed by atoms with Gasteiger partial charge in [0.05, 0.1) is 30.6 Å². The Bertz CT molecular complexity index is 1570. The molecule has 4 rings (SSSR count). The minimum Gasteiger partial charge on any atom is -0.542 e. The zero-order valence-corrected chi connectivity index (χ0v) is 25.6. The summed E-state index contributed by atoms with van der Waals surface area (Å²) in [5.74, 6) is -4.49. The number of nitrogens with one attached hydrogen (secondary N) is 2. The molecule has 0 saturated carbocycles. The Morgan fingerprint density at radius 3 is 2.51 bits per heavy atom. The van der Waals surface area contributed by atoms with E-state index in [1.165, 1.54) is 24.4 Å². The van der Waals surface area contributed by atoms with E-state index in [1.807, 2.05) is 0 Å². The van der Waals surface area contributed by atoms with Gasteiger partial charge in [-0.2, -0.15) is 0 Å². The molecule has 0 aliphatic carbocycles. The van der Waals surface area contributed by atoms with Gasteiger partial charge in [-0.3, -0.25) is 9.59 Å². The van der Waals surface area contributed by atoms with Crippen molar-refractivity contribution in [1.29, 1.82) is 0 Å². The van der Waals surface area contributed by atoms with Crippen LogP contribution in [0.1, 0.15) is 23.3 Å². The zero-order chi connectivity index (χ0) is 32.2. The first-order valence-corrected chi connectivity index (χ1v) is 12.8. The zero-order valence-electron chi connectivity index (χ0n) is 23.6. The third-order valence-electron chi connectivity index (χ3n) is 6.39. The predicted octanol–water partition coefficient (Wildman–Crippen LogP) is -3.11. The number of rotatable bonds is 10. The molecule has 234 valence electrons. The third-order valence-corrected chi connectivity index (χ3v) is 6.39. The van der Waals surface area contributed by atoms with Crippen LogP contribution in [0.5, 0.6) is 5.75 Å². The minimum atomic E-state index is -4.95. The van der Waals surface area contributed by atoms with Crippen molar-refractivity contribution in [2.75, 3.05) is 11.9 Å². The number of hydrogen-bond donors (Lipinski definition) is 5. The van der Waals surface area contributed by atoms with Gasteiger partial charge in [0.25, 0.3) is 5.91 Å². The van der Waals surface area contributed by atoms with Crippen LogP contribution < -0.4 is 50.0 Å². The first kappa shape index (κ1) is 35.5. The van der Waals surface area contributed by atoms with E-state index in [-0.39, 0.29) is 46.5 Å². The van der Waals surface area contributed by atoms with Gasteiger partial charge in [-0.15, -0.1) is 18.3 Å². The fourth-order valence-electron chi connectivity index (χ4n) is 4.47. The van der Waals surface area contributed by atoms with Gasteiger partial charge in [-0.05, 0) is 30.3 Å². The summed E-state index contributed by atoms with van der Waals surface area (Å²) < 4.78 is 48.2. The summed E-state index contributed by atoms with van der Waals surface area (Å²) in [5, 5.41) is 54.8. The number of carboxylic acid groups (broad SMARTS) is 1. The van der Waals surface area contributed by atoms with Crippen LogP contribution in [-0.2, 0) is 14.3 Å². The summed E-state index contributed by atoms with van der Waals surface area (Å²) in [6.45, 7) is 0.246. The van der Waals surface area contributed by atoms with E-state index in [0.29, 0.717) is 5.56 Å². The second kappa shape index (κ2) is 14.9. The molecule has 45 heavy (non-hydrogen) atoms. The molecule has 0 radical (unpaired) electrons. The molecule has 14 nitrogen and oxygen atoms in total. The van der Waals surface area contributed by atoms with Gasteiger partial charge < -0.3 is 45.3 Å². The number of halogens is 3. The van der Waals surface area contributed by atoms with Crippen molar-refractivity contribution in [2.45, 2.75) is 43.7 Å². The van der Waals surface area contributed by atoms with Crippen LogP contribution >= 0.6 is 0 Å². The monoisotopic (exact) mass is 643 g/mol. The number of aliphatic hydroxyl groups is 3. The normalized spacial score (nSPS) is 19.2. The largest absolute Gasteiger partial charge is 1.00 e. The Balaban J connectivity index is 0.00000552. The van der Waals surface area contributed by atoms with E-state index >= 15 is 0 Å². The molecule has 1 aliphatic heterocycles. The van der Waals surface area contributed by atoms with Gasteiger partial charge in [0.2, 0.25) is 5.91 Å². The number of carbonyl (C=O) groups is 3. The van der Waals surface area contributed by atoms with Crippen LogP contribution in [0.3, 0.4) is 0 Å². The van der Waals surface area contributed by atoms with E-state index in [4.69, 9.17) is 4.74 Å². The third kappa shape index (κ3) is 8.80. The first-order valence-electron chi connectivity index (χ1n) is 12.8. The molecule has 1 aliphatic rings. The number of hydrogen-bond acceptors (Lipinski definition) is 11. The van der Waals surface area contributed by atoms with E-state index in [9.17, 15) is 48.0 Å². The Kier molecular flexibility index (Phi) is 11.7. The molecule has 18 heteroatoms. The van der Waals surface area contributed by atoms with Crippen molar-refractivity contribution >= 4 is 23.5 Å². The Hall–Kier alpha value is -4.00. The fourth-order valence-corrected chi connectivity index (χ4v) is 4.47. The van der Waals surface area contributed by atoms with Gasteiger partial charge in [0, 0.05) is 18.1 Å². The molecule has 1 aromatic heterocycles. The number of alkyl halides is 3. The first-order chi connectivity index (χ1) is 20.8. The molecule has 2 amide bonds. The van der Waals surface area contributed by atoms with Crippen LogP contribution in [0.15, 0.2) is 66.6 Å². The maximum absolute atomic E-state index is 12.9.